The summed E-state index contributed by atoms with van der Waals surface area (Å²) in [5.74, 6) is -1.61. The van der Waals surface area contributed by atoms with E-state index >= 15 is 0 Å². The van der Waals surface area contributed by atoms with Gasteiger partial charge >= 0.3 is 5.97 Å². The first kappa shape index (κ1) is 15.5. The Kier molecular flexibility index (Phi) is 5.07. The third kappa shape index (κ3) is 3.22. The van der Waals surface area contributed by atoms with Crippen molar-refractivity contribution in [2.24, 2.45) is 5.92 Å². The Balaban J connectivity index is 2.36. The molecule has 0 spiro atoms. The van der Waals surface area contributed by atoms with Gasteiger partial charge in [-0.2, -0.15) is 0 Å². The van der Waals surface area contributed by atoms with Crippen LogP contribution >= 0.6 is 0 Å². The van der Waals surface area contributed by atoms with E-state index in [1.54, 1.807) is 0 Å². The molecule has 0 N–H and O–H groups in total. The predicted octanol–water partition coefficient (Wildman–Crippen LogP) is 0.998. The fourth-order valence-electron chi connectivity index (χ4n) is 1.91. The molecule has 0 saturated heterocycles. The van der Waals surface area contributed by atoms with Crippen LogP contribution in [-0.4, -0.2) is 25.4 Å². The van der Waals surface area contributed by atoms with Gasteiger partial charge in [0.25, 0.3) is 19.4 Å². The second kappa shape index (κ2) is 7.21. The summed E-state index contributed by atoms with van der Waals surface area (Å²) < 4.78 is 19.1. The molecule has 116 valence electrons. The lowest BCUT2D eigenvalue weighted by Crippen LogP contribution is -2.26. The van der Waals surface area contributed by atoms with E-state index in [0.717, 1.165) is 19.3 Å². The van der Waals surface area contributed by atoms with Crippen molar-refractivity contribution in [2.75, 3.05) is 0 Å². The number of rotatable bonds is 8. The van der Waals surface area contributed by atoms with Gasteiger partial charge in [-0.05, 0) is 25.0 Å². The minimum Gasteiger partial charge on any atom is -0.425 e. The van der Waals surface area contributed by atoms with Gasteiger partial charge in [0.15, 0.2) is 11.5 Å². The van der Waals surface area contributed by atoms with Crippen molar-refractivity contribution in [3.05, 3.63) is 12.1 Å². The molecule has 0 heterocycles. The Morgan fingerprint density at radius 2 is 1.45 bits per heavy atom. The molecule has 1 fully saturated rings. The van der Waals surface area contributed by atoms with Crippen molar-refractivity contribution in [1.82, 2.24) is 0 Å². The van der Waals surface area contributed by atoms with Crippen LogP contribution in [0.4, 0.5) is 0 Å². The first-order chi connectivity index (χ1) is 10.7. The summed E-state index contributed by atoms with van der Waals surface area (Å²) in [4.78, 5) is 43.5. The van der Waals surface area contributed by atoms with Gasteiger partial charge < -0.3 is 18.9 Å². The number of carbonyl (C=O) groups excluding carboxylic acids is 4. The van der Waals surface area contributed by atoms with E-state index in [9.17, 15) is 19.2 Å². The molecule has 1 aliphatic carbocycles. The summed E-state index contributed by atoms with van der Waals surface area (Å²) in [7, 11) is 0. The lowest BCUT2D eigenvalue weighted by Gasteiger charge is -2.23. The molecule has 8 nitrogen and oxygen atoms in total. The predicted molar refractivity (Wildman–Crippen MR) is 69.5 cm³/mol. The zero-order chi connectivity index (χ0) is 15.9. The molecule has 0 amide bonds. The van der Waals surface area contributed by atoms with Gasteiger partial charge in [-0.1, -0.05) is 6.42 Å². The van der Waals surface area contributed by atoms with Crippen LogP contribution in [0, 0.1) is 5.92 Å². The molecule has 0 bridgehead atoms. The van der Waals surface area contributed by atoms with Crippen LogP contribution in [0.2, 0.25) is 0 Å². The summed E-state index contributed by atoms with van der Waals surface area (Å²) in [5, 5.41) is 0. The molecule has 1 aliphatic rings. The van der Waals surface area contributed by atoms with Crippen molar-refractivity contribution < 1.29 is 38.1 Å². The molecule has 0 radical (unpaired) electrons. The van der Waals surface area contributed by atoms with E-state index in [-0.39, 0.29) is 48.3 Å². The summed E-state index contributed by atoms with van der Waals surface area (Å²) in [5.41, 5.74) is 0. The van der Waals surface area contributed by atoms with Crippen LogP contribution in [0.5, 0.6) is 23.0 Å². The Morgan fingerprint density at radius 1 is 0.909 bits per heavy atom. The highest BCUT2D eigenvalue weighted by atomic mass is 16.6. The van der Waals surface area contributed by atoms with Gasteiger partial charge in [0, 0.05) is 0 Å². The highest BCUT2D eigenvalue weighted by Gasteiger charge is 2.29. The van der Waals surface area contributed by atoms with Gasteiger partial charge in [0.2, 0.25) is 11.5 Å². The smallest absolute Gasteiger partial charge is 0.314 e. The molecular formula is C14H12O8. The van der Waals surface area contributed by atoms with Crippen molar-refractivity contribution in [3.63, 3.8) is 0 Å². The van der Waals surface area contributed by atoms with Gasteiger partial charge in [0.05, 0.1) is 5.92 Å². The maximum absolute atomic E-state index is 11.9. The Hall–Kier alpha value is -2.90. The lowest BCUT2D eigenvalue weighted by molar-refractivity contribution is -0.142. The molecule has 0 aromatic heterocycles. The Bertz CT molecular complexity index is 591. The first-order valence-corrected chi connectivity index (χ1v) is 6.40. The fourth-order valence-corrected chi connectivity index (χ4v) is 1.91. The van der Waals surface area contributed by atoms with E-state index in [4.69, 9.17) is 9.47 Å². The van der Waals surface area contributed by atoms with Crippen LogP contribution in [-0.2, 0) is 19.2 Å². The van der Waals surface area contributed by atoms with E-state index in [1.807, 2.05) is 0 Å². The third-order valence-electron chi connectivity index (χ3n) is 3.20. The zero-order valence-corrected chi connectivity index (χ0v) is 11.4. The molecule has 1 saturated carbocycles. The van der Waals surface area contributed by atoms with Crippen LogP contribution < -0.4 is 18.9 Å². The minimum absolute atomic E-state index is 0.0577. The number of ether oxygens (including phenoxy) is 4. The summed E-state index contributed by atoms with van der Waals surface area (Å²) >= 11 is 0. The quantitative estimate of drug-likeness (QED) is 0.398. The van der Waals surface area contributed by atoms with Crippen molar-refractivity contribution in [3.8, 4) is 23.0 Å². The summed E-state index contributed by atoms with van der Waals surface area (Å²) in [6.45, 7) is 0.234. The van der Waals surface area contributed by atoms with E-state index < -0.39 is 5.97 Å². The highest BCUT2D eigenvalue weighted by Crippen LogP contribution is 2.44. The first-order valence-electron chi connectivity index (χ1n) is 6.40. The molecule has 1 aromatic carbocycles. The van der Waals surface area contributed by atoms with Crippen molar-refractivity contribution in [2.45, 2.75) is 19.3 Å². The van der Waals surface area contributed by atoms with Crippen molar-refractivity contribution in [1.29, 1.82) is 0 Å². The second-order valence-electron chi connectivity index (χ2n) is 4.41. The maximum Gasteiger partial charge on any atom is 0.314 e. The zero-order valence-electron chi connectivity index (χ0n) is 11.4. The van der Waals surface area contributed by atoms with Crippen LogP contribution in [0.1, 0.15) is 19.3 Å². The molecule has 1 aromatic rings. The average Bonchev–Trinajstić information content (AvgIpc) is 2.43. The van der Waals surface area contributed by atoms with Gasteiger partial charge in [-0.15, -0.1) is 0 Å². The second-order valence-corrected chi connectivity index (χ2v) is 4.41. The standard InChI is InChI=1S/C14H12O8/c15-6-19-10-4-5-11(22-14(18)9-2-1-3-9)13(21-8-17)12(10)20-7-16/h4-9H,1-3H2. The lowest BCUT2D eigenvalue weighted by atomic mass is 9.86. The van der Waals surface area contributed by atoms with E-state index in [2.05, 4.69) is 9.47 Å². The fraction of sp³-hybridized carbons (Fsp3) is 0.286. The Labute approximate surface area is 124 Å². The van der Waals surface area contributed by atoms with Crippen LogP contribution in [0.25, 0.3) is 0 Å². The molecule has 0 unspecified atom stereocenters. The van der Waals surface area contributed by atoms with Crippen LogP contribution in [0.15, 0.2) is 12.1 Å². The monoisotopic (exact) mass is 308 g/mol. The molecular weight excluding hydrogens is 296 g/mol. The third-order valence-corrected chi connectivity index (χ3v) is 3.20. The number of hydrogen-bond donors (Lipinski definition) is 0. The summed E-state index contributed by atoms with van der Waals surface area (Å²) in [6.07, 6.45) is 2.41. The number of hydrogen-bond acceptors (Lipinski definition) is 8. The maximum atomic E-state index is 11.9. The average molecular weight is 308 g/mol. The van der Waals surface area contributed by atoms with E-state index in [0.29, 0.717) is 0 Å². The number of carbonyl (C=O) groups is 4. The molecule has 22 heavy (non-hydrogen) atoms. The van der Waals surface area contributed by atoms with E-state index in [1.165, 1.54) is 12.1 Å². The number of benzene rings is 1. The molecule has 2 rings (SSSR count). The topological polar surface area (TPSA) is 105 Å². The molecule has 0 aliphatic heterocycles. The van der Waals surface area contributed by atoms with Gasteiger partial charge in [0.1, 0.15) is 0 Å². The normalized spacial score (nSPS) is 13.5. The highest BCUT2D eigenvalue weighted by molar-refractivity contribution is 5.78. The Morgan fingerprint density at radius 3 is 1.95 bits per heavy atom. The minimum atomic E-state index is -0.469. The molecule has 0 atom stereocenters. The number of esters is 1. The SMILES string of the molecule is O=COc1ccc(OC(=O)C2CCC2)c(OC=O)c1OC=O. The molecule has 8 heteroatoms. The summed E-state index contributed by atoms with van der Waals surface area (Å²) in [6, 6.07) is 2.51. The largest absolute Gasteiger partial charge is 0.425 e. The van der Waals surface area contributed by atoms with Gasteiger partial charge in [-0.3, -0.25) is 19.2 Å². The van der Waals surface area contributed by atoms with Gasteiger partial charge in [-0.25, -0.2) is 0 Å². The van der Waals surface area contributed by atoms with Crippen LogP contribution in [0.3, 0.4) is 0 Å². The van der Waals surface area contributed by atoms with Crippen molar-refractivity contribution >= 4 is 25.4 Å².